The number of benzene rings is 1. The molecule has 2 heterocycles. The summed E-state index contributed by atoms with van der Waals surface area (Å²) >= 11 is 0. The quantitative estimate of drug-likeness (QED) is 0.832. The lowest BCUT2D eigenvalue weighted by Crippen LogP contribution is -2.34. The van der Waals surface area contributed by atoms with Crippen molar-refractivity contribution >= 4 is 17.4 Å². The van der Waals surface area contributed by atoms with Gasteiger partial charge < -0.3 is 9.64 Å². The molecule has 0 bridgehead atoms. The van der Waals surface area contributed by atoms with E-state index in [2.05, 4.69) is 0 Å². The highest BCUT2D eigenvalue weighted by atomic mass is 16.5. The molecule has 20 heavy (non-hydrogen) atoms. The zero-order valence-electron chi connectivity index (χ0n) is 11.5. The van der Waals surface area contributed by atoms with Gasteiger partial charge in [0.05, 0.1) is 18.2 Å². The van der Waals surface area contributed by atoms with Gasteiger partial charge in [-0.3, -0.25) is 9.59 Å². The van der Waals surface area contributed by atoms with E-state index >= 15 is 0 Å². The molecule has 0 aliphatic carbocycles. The normalized spacial score (nSPS) is 22.5. The molecule has 0 saturated carbocycles. The highest BCUT2D eigenvalue weighted by Gasteiger charge is 2.27. The summed E-state index contributed by atoms with van der Waals surface area (Å²) in [7, 11) is 0. The van der Waals surface area contributed by atoms with Crippen molar-refractivity contribution < 1.29 is 14.3 Å². The Morgan fingerprint density at radius 2 is 2.15 bits per heavy atom. The third-order valence-electron chi connectivity index (χ3n) is 4.01. The number of carbonyl (C=O) groups is 2. The van der Waals surface area contributed by atoms with E-state index in [0.717, 1.165) is 31.6 Å². The summed E-state index contributed by atoms with van der Waals surface area (Å²) in [6.07, 6.45) is 3.70. The van der Waals surface area contributed by atoms with Crippen molar-refractivity contribution in [1.82, 2.24) is 0 Å². The number of carbonyl (C=O) groups excluding carboxylic acids is 2. The minimum absolute atomic E-state index is 0.0496. The molecule has 2 aliphatic heterocycles. The maximum Gasteiger partial charge on any atom is 0.229 e. The molecule has 0 spiro atoms. The molecule has 2 aliphatic rings. The van der Waals surface area contributed by atoms with E-state index in [1.165, 1.54) is 0 Å². The Kier molecular flexibility index (Phi) is 3.83. The van der Waals surface area contributed by atoms with E-state index in [-0.39, 0.29) is 17.8 Å². The van der Waals surface area contributed by atoms with Gasteiger partial charge in [-0.1, -0.05) is 12.1 Å². The van der Waals surface area contributed by atoms with Crippen molar-refractivity contribution in [3.63, 3.8) is 0 Å². The monoisotopic (exact) mass is 273 g/mol. The van der Waals surface area contributed by atoms with Crippen molar-refractivity contribution in [2.75, 3.05) is 18.1 Å². The number of amides is 1. The maximum absolute atomic E-state index is 12.5. The number of para-hydroxylation sites is 1. The predicted octanol–water partition coefficient (Wildman–Crippen LogP) is 2.57. The van der Waals surface area contributed by atoms with Gasteiger partial charge in [0.15, 0.2) is 5.78 Å². The van der Waals surface area contributed by atoms with Crippen molar-refractivity contribution in [3.05, 3.63) is 29.8 Å². The SMILES string of the molecule is O=C1CCCN(C(=O)CC2CCCO2)c2ccccc21. The lowest BCUT2D eigenvalue weighted by atomic mass is 10.1. The predicted molar refractivity (Wildman–Crippen MR) is 76.0 cm³/mol. The van der Waals surface area contributed by atoms with Gasteiger partial charge in [0.25, 0.3) is 0 Å². The highest BCUT2D eigenvalue weighted by molar-refractivity contribution is 6.06. The smallest absolute Gasteiger partial charge is 0.229 e. The average molecular weight is 273 g/mol. The van der Waals surface area contributed by atoms with Crippen molar-refractivity contribution in [1.29, 1.82) is 0 Å². The molecule has 1 atom stereocenters. The summed E-state index contributed by atoms with van der Waals surface area (Å²) in [5.41, 5.74) is 1.43. The van der Waals surface area contributed by atoms with Gasteiger partial charge in [0, 0.05) is 25.1 Å². The number of nitrogens with zero attached hydrogens (tertiary/aromatic N) is 1. The van der Waals surface area contributed by atoms with Crippen LogP contribution in [-0.4, -0.2) is 30.9 Å². The first-order valence-corrected chi connectivity index (χ1v) is 7.30. The van der Waals surface area contributed by atoms with Gasteiger partial charge in [0.2, 0.25) is 5.91 Å². The van der Waals surface area contributed by atoms with Crippen LogP contribution in [0.2, 0.25) is 0 Å². The third kappa shape index (κ3) is 2.61. The summed E-state index contributed by atoms with van der Waals surface area (Å²) in [6.45, 7) is 1.38. The van der Waals surface area contributed by atoms with Gasteiger partial charge in [-0.2, -0.15) is 0 Å². The summed E-state index contributed by atoms with van der Waals surface area (Å²) in [4.78, 5) is 26.3. The largest absolute Gasteiger partial charge is 0.378 e. The van der Waals surface area contributed by atoms with E-state index in [9.17, 15) is 9.59 Å². The number of Topliss-reactive ketones (excluding diaryl/α,β-unsaturated/α-hetero) is 1. The molecule has 1 saturated heterocycles. The van der Waals surface area contributed by atoms with Gasteiger partial charge in [-0.05, 0) is 31.4 Å². The third-order valence-corrected chi connectivity index (χ3v) is 4.01. The topological polar surface area (TPSA) is 46.6 Å². The van der Waals surface area contributed by atoms with Crippen LogP contribution in [0, 0.1) is 0 Å². The number of hydrogen-bond donors (Lipinski definition) is 0. The first kappa shape index (κ1) is 13.3. The molecular formula is C16H19NO3. The number of hydrogen-bond acceptors (Lipinski definition) is 3. The lowest BCUT2D eigenvalue weighted by molar-refractivity contribution is -0.120. The molecule has 4 nitrogen and oxygen atoms in total. The average Bonchev–Trinajstić information content (AvgIpc) is 2.90. The number of ether oxygens (including phenoxy) is 1. The fourth-order valence-corrected chi connectivity index (χ4v) is 2.97. The highest BCUT2D eigenvalue weighted by Crippen LogP contribution is 2.27. The summed E-state index contributed by atoms with van der Waals surface area (Å²) in [5, 5.41) is 0. The Bertz CT molecular complexity index is 520. The molecule has 1 amide bonds. The van der Waals surface area contributed by atoms with Crippen LogP contribution in [0.4, 0.5) is 5.69 Å². The van der Waals surface area contributed by atoms with E-state index in [1.807, 2.05) is 24.3 Å². The molecule has 3 rings (SSSR count). The van der Waals surface area contributed by atoms with Crippen LogP contribution in [0.1, 0.15) is 42.5 Å². The molecule has 0 N–H and O–H groups in total. The van der Waals surface area contributed by atoms with Crippen molar-refractivity contribution in [2.45, 2.75) is 38.2 Å². The van der Waals surface area contributed by atoms with Crippen molar-refractivity contribution in [3.8, 4) is 0 Å². The van der Waals surface area contributed by atoms with Crippen LogP contribution < -0.4 is 4.90 Å². The Morgan fingerprint density at radius 1 is 1.30 bits per heavy atom. The molecule has 106 valence electrons. The second-order valence-electron chi connectivity index (χ2n) is 5.43. The minimum atomic E-state index is 0.0496. The summed E-state index contributed by atoms with van der Waals surface area (Å²) in [5.74, 6) is 0.201. The second kappa shape index (κ2) is 5.75. The fourth-order valence-electron chi connectivity index (χ4n) is 2.97. The Balaban J connectivity index is 1.83. The van der Waals surface area contributed by atoms with Crippen LogP contribution in [0.25, 0.3) is 0 Å². The molecule has 1 unspecified atom stereocenters. The van der Waals surface area contributed by atoms with E-state index in [1.54, 1.807) is 4.90 Å². The lowest BCUT2D eigenvalue weighted by Gasteiger charge is -2.23. The fraction of sp³-hybridized carbons (Fsp3) is 0.500. The van der Waals surface area contributed by atoms with E-state index in [0.29, 0.717) is 24.9 Å². The van der Waals surface area contributed by atoms with Gasteiger partial charge in [-0.25, -0.2) is 0 Å². The van der Waals surface area contributed by atoms with E-state index < -0.39 is 0 Å². The molecule has 0 aromatic heterocycles. The van der Waals surface area contributed by atoms with Gasteiger partial charge in [0.1, 0.15) is 0 Å². The maximum atomic E-state index is 12.5. The second-order valence-corrected chi connectivity index (χ2v) is 5.43. The molecule has 1 aromatic rings. The zero-order valence-corrected chi connectivity index (χ0v) is 11.5. The number of rotatable bonds is 2. The number of fused-ring (bicyclic) bond motifs is 1. The Labute approximate surface area is 118 Å². The van der Waals surface area contributed by atoms with Gasteiger partial charge >= 0.3 is 0 Å². The molecule has 1 fully saturated rings. The molecule has 0 radical (unpaired) electrons. The molecular weight excluding hydrogens is 254 g/mol. The Hall–Kier alpha value is -1.68. The zero-order chi connectivity index (χ0) is 13.9. The first-order valence-electron chi connectivity index (χ1n) is 7.30. The van der Waals surface area contributed by atoms with Gasteiger partial charge in [-0.15, -0.1) is 0 Å². The van der Waals surface area contributed by atoms with Crippen LogP contribution in [-0.2, 0) is 9.53 Å². The van der Waals surface area contributed by atoms with Crippen LogP contribution in [0.15, 0.2) is 24.3 Å². The minimum Gasteiger partial charge on any atom is -0.378 e. The van der Waals surface area contributed by atoms with E-state index in [4.69, 9.17) is 4.74 Å². The van der Waals surface area contributed by atoms with Crippen LogP contribution in [0.3, 0.4) is 0 Å². The van der Waals surface area contributed by atoms with Crippen LogP contribution in [0.5, 0.6) is 0 Å². The number of ketones is 1. The van der Waals surface area contributed by atoms with Crippen molar-refractivity contribution in [2.24, 2.45) is 0 Å². The first-order chi connectivity index (χ1) is 9.75. The molecule has 4 heteroatoms. The Morgan fingerprint density at radius 3 is 2.95 bits per heavy atom. The standard InChI is InChI=1S/C16H19NO3/c18-15-8-3-9-17(14-7-2-1-6-13(14)15)16(19)11-12-5-4-10-20-12/h1-2,6-7,12H,3-5,8-11H2. The molecule has 1 aromatic carbocycles. The summed E-state index contributed by atoms with van der Waals surface area (Å²) in [6, 6.07) is 7.41. The summed E-state index contributed by atoms with van der Waals surface area (Å²) < 4.78 is 5.54. The van der Waals surface area contributed by atoms with Crippen LogP contribution >= 0.6 is 0 Å². The number of anilines is 1.